The summed E-state index contributed by atoms with van der Waals surface area (Å²) in [6.07, 6.45) is 1.95. The van der Waals surface area contributed by atoms with Gasteiger partial charge in [-0.05, 0) is 19.5 Å². The van der Waals surface area contributed by atoms with Crippen molar-refractivity contribution < 1.29 is 4.79 Å². The Labute approximate surface area is 73.1 Å². The molecule has 0 aromatic heterocycles. The van der Waals surface area contributed by atoms with Gasteiger partial charge in [0.25, 0.3) is 0 Å². The van der Waals surface area contributed by atoms with Crippen molar-refractivity contribution in [1.29, 1.82) is 0 Å². The van der Waals surface area contributed by atoms with Gasteiger partial charge >= 0.3 is 0 Å². The molecule has 2 rings (SSSR count). The van der Waals surface area contributed by atoms with Gasteiger partial charge in [0, 0.05) is 24.9 Å². The third-order valence-corrected chi connectivity index (χ3v) is 3.16. The van der Waals surface area contributed by atoms with E-state index in [0.717, 1.165) is 26.1 Å². The van der Waals surface area contributed by atoms with Gasteiger partial charge in [0.1, 0.15) is 0 Å². The molecule has 2 aliphatic heterocycles. The normalized spacial score (nSPS) is 36.2. The molecule has 2 heterocycles. The second kappa shape index (κ2) is 2.73. The number of carbonyl (C=O) groups is 1. The summed E-state index contributed by atoms with van der Waals surface area (Å²) in [5.74, 6) is 0.243. The van der Waals surface area contributed by atoms with Crippen molar-refractivity contribution >= 4 is 5.91 Å². The molecule has 0 radical (unpaired) electrons. The molecule has 3 heteroatoms. The fraction of sp³-hybridized carbons (Fsp3) is 0.889. The molecule has 0 aromatic rings. The molecule has 1 spiro atoms. The van der Waals surface area contributed by atoms with Gasteiger partial charge in [0.15, 0.2) is 0 Å². The maximum absolute atomic E-state index is 11.1. The number of nitrogens with one attached hydrogen (secondary N) is 1. The molecule has 0 bridgehead atoms. The van der Waals surface area contributed by atoms with Crippen molar-refractivity contribution in [3.8, 4) is 0 Å². The van der Waals surface area contributed by atoms with Crippen molar-refractivity contribution in [2.75, 3.05) is 26.2 Å². The number of nitrogens with zero attached hydrogens (tertiary/aromatic N) is 1. The van der Waals surface area contributed by atoms with Crippen LogP contribution >= 0.6 is 0 Å². The minimum absolute atomic E-state index is 0.243. The van der Waals surface area contributed by atoms with E-state index in [1.54, 1.807) is 0 Å². The molecule has 12 heavy (non-hydrogen) atoms. The van der Waals surface area contributed by atoms with Gasteiger partial charge in [-0.3, -0.25) is 4.79 Å². The fourth-order valence-corrected chi connectivity index (χ4v) is 2.34. The van der Waals surface area contributed by atoms with Crippen LogP contribution in [0.4, 0.5) is 0 Å². The third-order valence-electron chi connectivity index (χ3n) is 3.16. The Kier molecular flexibility index (Phi) is 1.83. The van der Waals surface area contributed by atoms with E-state index in [4.69, 9.17) is 0 Å². The first kappa shape index (κ1) is 8.05. The second-order valence-corrected chi connectivity index (χ2v) is 4.07. The summed E-state index contributed by atoms with van der Waals surface area (Å²) in [5.41, 5.74) is 0.299. The average Bonchev–Trinajstić information content (AvgIpc) is 2.61. The number of hydrogen-bond donors (Lipinski definition) is 1. The minimum Gasteiger partial charge on any atom is -0.355 e. The highest BCUT2D eigenvalue weighted by atomic mass is 16.1. The maximum Gasteiger partial charge on any atom is 0.220 e. The second-order valence-electron chi connectivity index (χ2n) is 4.07. The molecular weight excluding hydrogens is 152 g/mol. The number of likely N-dealkylation sites (tertiary alicyclic amines) is 1. The van der Waals surface area contributed by atoms with Crippen molar-refractivity contribution in [3.05, 3.63) is 0 Å². The zero-order valence-corrected chi connectivity index (χ0v) is 7.60. The highest BCUT2D eigenvalue weighted by Gasteiger charge is 2.43. The van der Waals surface area contributed by atoms with Gasteiger partial charge in [-0.15, -0.1) is 0 Å². The van der Waals surface area contributed by atoms with Crippen LogP contribution in [0.3, 0.4) is 0 Å². The molecule has 68 valence electrons. The summed E-state index contributed by atoms with van der Waals surface area (Å²) in [6.45, 7) is 6.50. The highest BCUT2D eigenvalue weighted by molar-refractivity contribution is 5.79. The van der Waals surface area contributed by atoms with E-state index >= 15 is 0 Å². The van der Waals surface area contributed by atoms with Gasteiger partial charge in [0.2, 0.25) is 5.91 Å². The molecule has 0 aliphatic carbocycles. The van der Waals surface area contributed by atoms with Crippen LogP contribution in [0.15, 0.2) is 0 Å². The number of rotatable bonds is 1. The molecule has 1 unspecified atom stereocenters. The van der Waals surface area contributed by atoms with E-state index in [1.807, 2.05) is 0 Å². The van der Waals surface area contributed by atoms with Crippen LogP contribution in [-0.4, -0.2) is 37.0 Å². The van der Waals surface area contributed by atoms with Crippen LogP contribution in [0.25, 0.3) is 0 Å². The maximum atomic E-state index is 11.1. The number of amides is 1. The Bertz CT molecular complexity index is 205. The molecule has 2 fully saturated rings. The molecule has 2 saturated heterocycles. The molecule has 1 atom stereocenters. The average molecular weight is 168 g/mol. The quantitative estimate of drug-likeness (QED) is 0.607. The lowest BCUT2D eigenvalue weighted by atomic mass is 9.86. The van der Waals surface area contributed by atoms with E-state index in [2.05, 4.69) is 17.1 Å². The largest absolute Gasteiger partial charge is 0.355 e. The molecule has 0 saturated carbocycles. The van der Waals surface area contributed by atoms with Gasteiger partial charge in [-0.1, -0.05) is 6.92 Å². The van der Waals surface area contributed by atoms with E-state index in [-0.39, 0.29) is 5.91 Å². The van der Waals surface area contributed by atoms with Crippen LogP contribution in [0.1, 0.15) is 19.8 Å². The zero-order valence-electron chi connectivity index (χ0n) is 7.60. The van der Waals surface area contributed by atoms with Crippen molar-refractivity contribution in [2.45, 2.75) is 19.8 Å². The van der Waals surface area contributed by atoms with Crippen LogP contribution < -0.4 is 5.32 Å². The fourth-order valence-electron chi connectivity index (χ4n) is 2.34. The molecule has 0 aromatic carbocycles. The molecule has 1 N–H and O–H groups in total. The lowest BCUT2D eigenvalue weighted by Crippen LogP contribution is -2.28. The Morgan fingerprint density at radius 2 is 2.50 bits per heavy atom. The topological polar surface area (TPSA) is 32.3 Å². The Morgan fingerprint density at radius 3 is 3.00 bits per heavy atom. The smallest absolute Gasteiger partial charge is 0.220 e. The van der Waals surface area contributed by atoms with Crippen LogP contribution in [0.2, 0.25) is 0 Å². The zero-order chi connectivity index (χ0) is 8.60. The summed E-state index contributed by atoms with van der Waals surface area (Å²) < 4.78 is 0. The van der Waals surface area contributed by atoms with Crippen LogP contribution in [0.5, 0.6) is 0 Å². The molecular formula is C9H16N2O. The number of hydrogen-bond acceptors (Lipinski definition) is 2. The predicted octanol–water partition coefficient (Wildman–Crippen LogP) is 0.218. The number of carbonyl (C=O) groups excluding carboxylic acids is 1. The van der Waals surface area contributed by atoms with Gasteiger partial charge in [0.05, 0.1) is 0 Å². The summed E-state index contributed by atoms with van der Waals surface area (Å²) in [5, 5.41) is 2.93. The van der Waals surface area contributed by atoms with Gasteiger partial charge in [-0.2, -0.15) is 0 Å². The van der Waals surface area contributed by atoms with Gasteiger partial charge < -0.3 is 10.2 Å². The lowest BCUT2D eigenvalue weighted by molar-refractivity contribution is -0.119. The van der Waals surface area contributed by atoms with Crippen LogP contribution in [0, 0.1) is 5.41 Å². The first-order valence-electron chi connectivity index (χ1n) is 4.73. The summed E-state index contributed by atoms with van der Waals surface area (Å²) in [7, 11) is 0. The van der Waals surface area contributed by atoms with Crippen molar-refractivity contribution in [3.63, 3.8) is 0 Å². The minimum atomic E-state index is 0.243. The SMILES string of the molecule is CCN1CCC2(CNC(=O)C2)C1. The lowest BCUT2D eigenvalue weighted by Gasteiger charge is -2.20. The first-order valence-corrected chi connectivity index (χ1v) is 4.73. The molecule has 3 nitrogen and oxygen atoms in total. The van der Waals surface area contributed by atoms with Crippen molar-refractivity contribution in [2.24, 2.45) is 5.41 Å². The highest BCUT2D eigenvalue weighted by Crippen LogP contribution is 2.36. The van der Waals surface area contributed by atoms with E-state index in [1.165, 1.54) is 13.0 Å². The predicted molar refractivity (Wildman–Crippen MR) is 46.8 cm³/mol. The Morgan fingerprint density at radius 1 is 1.67 bits per heavy atom. The standard InChI is InChI=1S/C9H16N2O/c1-2-11-4-3-9(7-11)5-8(12)10-6-9/h2-7H2,1H3,(H,10,12). The summed E-state index contributed by atoms with van der Waals surface area (Å²) in [6, 6.07) is 0. The summed E-state index contributed by atoms with van der Waals surface area (Å²) in [4.78, 5) is 13.5. The third kappa shape index (κ3) is 1.22. The van der Waals surface area contributed by atoms with Gasteiger partial charge in [-0.25, -0.2) is 0 Å². The summed E-state index contributed by atoms with van der Waals surface area (Å²) >= 11 is 0. The van der Waals surface area contributed by atoms with Crippen LogP contribution in [-0.2, 0) is 4.79 Å². The molecule has 1 amide bonds. The van der Waals surface area contributed by atoms with E-state index < -0.39 is 0 Å². The first-order chi connectivity index (χ1) is 5.74. The monoisotopic (exact) mass is 168 g/mol. The van der Waals surface area contributed by atoms with E-state index in [0.29, 0.717) is 5.41 Å². The Hall–Kier alpha value is -0.570. The van der Waals surface area contributed by atoms with Crippen molar-refractivity contribution in [1.82, 2.24) is 10.2 Å². The van der Waals surface area contributed by atoms with E-state index in [9.17, 15) is 4.79 Å². The Balaban J connectivity index is 2.01. The molecule has 2 aliphatic rings.